The van der Waals surface area contributed by atoms with E-state index in [2.05, 4.69) is 65.5 Å². The fraction of sp³-hybridized carbons (Fsp3) is 1.00. The highest BCUT2D eigenvalue weighted by Crippen LogP contribution is 2.11. The Morgan fingerprint density at radius 1 is 0.737 bits per heavy atom. The van der Waals surface area contributed by atoms with Crippen LogP contribution in [0.25, 0.3) is 0 Å². The zero-order chi connectivity index (χ0) is 15.9. The highest BCUT2D eigenvalue weighted by atomic mass is 28.4. The third-order valence-electron chi connectivity index (χ3n) is 1.58. The van der Waals surface area contributed by atoms with Crippen molar-refractivity contribution in [1.82, 2.24) is 0 Å². The zero-order valence-electron chi connectivity index (χ0n) is 15.0. The van der Waals surface area contributed by atoms with Crippen molar-refractivity contribution < 1.29 is 13.0 Å². The standard InChI is InChI=1S/C7H22O2Si3.C4H14OSi2/c1-11(2,3)8-7(10)9-12(4,5)6;1-6(2)5-7(3)4/h7H,1-6,10H3;6-7H,1-4H3. The van der Waals surface area contributed by atoms with E-state index in [-0.39, 0.29) is 5.91 Å². The Bertz CT molecular complexity index is 201. The zero-order valence-corrected chi connectivity index (χ0v) is 21.3. The van der Waals surface area contributed by atoms with Crippen molar-refractivity contribution in [1.29, 1.82) is 0 Å². The lowest BCUT2D eigenvalue weighted by Crippen LogP contribution is -2.40. The molecule has 0 radical (unpaired) electrons. The molecule has 3 nitrogen and oxygen atoms in total. The molecule has 0 aliphatic carbocycles. The van der Waals surface area contributed by atoms with E-state index in [1.807, 2.05) is 0 Å². The van der Waals surface area contributed by atoms with Crippen LogP contribution in [0.15, 0.2) is 0 Å². The van der Waals surface area contributed by atoms with Crippen LogP contribution in [0.5, 0.6) is 0 Å². The fourth-order valence-electron chi connectivity index (χ4n) is 1.56. The molecule has 8 heteroatoms. The van der Waals surface area contributed by atoms with Crippen molar-refractivity contribution in [2.75, 3.05) is 0 Å². The predicted molar refractivity (Wildman–Crippen MR) is 101 cm³/mol. The molecular formula is C11H36O3Si5. The van der Waals surface area contributed by atoms with Gasteiger partial charge in [-0.05, 0) is 65.5 Å². The molecule has 19 heavy (non-hydrogen) atoms. The van der Waals surface area contributed by atoms with Gasteiger partial charge in [0, 0.05) is 0 Å². The van der Waals surface area contributed by atoms with Gasteiger partial charge in [0.25, 0.3) is 0 Å². The van der Waals surface area contributed by atoms with Gasteiger partial charge >= 0.3 is 0 Å². The molecule has 0 spiro atoms. The van der Waals surface area contributed by atoms with E-state index in [4.69, 9.17) is 13.0 Å². The summed E-state index contributed by atoms with van der Waals surface area (Å²) in [7, 11) is -3.13. The van der Waals surface area contributed by atoms with Crippen LogP contribution in [0.4, 0.5) is 0 Å². The van der Waals surface area contributed by atoms with Crippen molar-refractivity contribution in [2.24, 2.45) is 0 Å². The van der Waals surface area contributed by atoms with Crippen LogP contribution in [0.3, 0.4) is 0 Å². The van der Waals surface area contributed by atoms with Crippen molar-refractivity contribution in [3.8, 4) is 0 Å². The summed E-state index contributed by atoms with van der Waals surface area (Å²) in [5, 5.41) is 0. The third kappa shape index (κ3) is 24.4. The van der Waals surface area contributed by atoms with E-state index in [1.54, 1.807) is 0 Å². The molecule has 0 atom stereocenters. The largest absolute Gasteiger partial charge is 0.461 e. The average Bonchev–Trinajstić information content (AvgIpc) is 1.91. The quantitative estimate of drug-likeness (QED) is 0.540. The Morgan fingerprint density at radius 3 is 1.11 bits per heavy atom. The molecule has 0 aliphatic rings. The maximum atomic E-state index is 5.83. The monoisotopic (exact) mass is 356 g/mol. The summed E-state index contributed by atoms with van der Waals surface area (Å²) >= 11 is 0. The van der Waals surface area contributed by atoms with Gasteiger partial charge in [-0.15, -0.1) is 0 Å². The van der Waals surface area contributed by atoms with Crippen LogP contribution in [0, 0.1) is 0 Å². The Morgan fingerprint density at radius 2 is 1.00 bits per heavy atom. The Balaban J connectivity index is 0. The average molecular weight is 357 g/mol. The molecule has 0 aliphatic heterocycles. The second kappa shape index (κ2) is 9.82. The minimum atomic E-state index is -1.39. The first kappa shape index (κ1) is 22.2. The summed E-state index contributed by atoms with van der Waals surface area (Å²) in [6.45, 7) is 22.1. The normalized spacial score (nSPS) is 13.1. The Hall–Kier alpha value is 0.964. The number of hydrogen-bond acceptors (Lipinski definition) is 3. The van der Waals surface area contributed by atoms with Crippen molar-refractivity contribution in [3.63, 3.8) is 0 Å². The van der Waals surface area contributed by atoms with Crippen LogP contribution in [0.2, 0.25) is 65.5 Å². The molecule has 0 aromatic carbocycles. The Labute approximate surface area is 129 Å². The van der Waals surface area contributed by atoms with Crippen LogP contribution in [-0.4, -0.2) is 50.9 Å². The number of hydrogen-bond donors (Lipinski definition) is 0. The van der Waals surface area contributed by atoms with E-state index in [0.29, 0.717) is 0 Å². The van der Waals surface area contributed by atoms with Crippen LogP contribution < -0.4 is 0 Å². The van der Waals surface area contributed by atoms with Crippen molar-refractivity contribution >= 4 is 45.0 Å². The predicted octanol–water partition coefficient (Wildman–Crippen LogP) is 2.31. The molecule has 0 unspecified atom stereocenters. The molecule has 0 bridgehead atoms. The molecule has 0 rings (SSSR count). The smallest absolute Gasteiger partial charge is 0.186 e. The van der Waals surface area contributed by atoms with Gasteiger partial charge in [0.05, 0.1) is 10.2 Å². The van der Waals surface area contributed by atoms with Crippen molar-refractivity contribution in [3.05, 3.63) is 0 Å². The third-order valence-corrected chi connectivity index (χ3v) is 9.43. The molecule has 0 saturated carbocycles. The van der Waals surface area contributed by atoms with Crippen LogP contribution >= 0.6 is 0 Å². The first-order valence-electron chi connectivity index (χ1n) is 7.24. The van der Waals surface area contributed by atoms with Gasteiger partial charge in [-0.3, -0.25) is 0 Å². The van der Waals surface area contributed by atoms with Gasteiger partial charge in [0.1, 0.15) is 5.91 Å². The van der Waals surface area contributed by atoms with E-state index in [1.165, 1.54) is 0 Å². The van der Waals surface area contributed by atoms with Gasteiger partial charge in [-0.25, -0.2) is 0 Å². The van der Waals surface area contributed by atoms with Gasteiger partial charge in [-0.2, -0.15) is 0 Å². The highest BCUT2D eigenvalue weighted by molar-refractivity contribution is 6.71. The van der Waals surface area contributed by atoms with Gasteiger partial charge in [0.15, 0.2) is 34.7 Å². The van der Waals surface area contributed by atoms with Gasteiger partial charge in [-0.1, -0.05) is 0 Å². The maximum absolute atomic E-state index is 5.83. The molecule has 0 N–H and O–H groups in total. The molecule has 0 aromatic heterocycles. The summed E-state index contributed by atoms with van der Waals surface area (Å²) in [5.74, 6) is 0.114. The summed E-state index contributed by atoms with van der Waals surface area (Å²) in [6, 6.07) is 0. The summed E-state index contributed by atoms with van der Waals surface area (Å²) in [5.41, 5.74) is 0. The van der Waals surface area contributed by atoms with E-state index in [9.17, 15) is 0 Å². The van der Waals surface area contributed by atoms with Crippen LogP contribution in [0.1, 0.15) is 0 Å². The lowest BCUT2D eigenvalue weighted by Gasteiger charge is -2.29. The molecule has 118 valence electrons. The van der Waals surface area contributed by atoms with E-state index < -0.39 is 34.7 Å². The molecule has 0 aromatic rings. The second-order valence-corrected chi connectivity index (χ2v) is 22.4. The van der Waals surface area contributed by atoms with E-state index in [0.717, 1.165) is 10.2 Å². The minimum absolute atomic E-state index is 0.114. The second-order valence-electron chi connectivity index (χ2n) is 7.26. The van der Waals surface area contributed by atoms with Gasteiger partial charge in [0.2, 0.25) is 0 Å². The van der Waals surface area contributed by atoms with Crippen molar-refractivity contribution in [2.45, 2.75) is 71.4 Å². The highest BCUT2D eigenvalue weighted by Gasteiger charge is 2.23. The van der Waals surface area contributed by atoms with E-state index >= 15 is 0 Å². The molecule has 0 heterocycles. The van der Waals surface area contributed by atoms with Gasteiger partial charge < -0.3 is 13.0 Å². The lowest BCUT2D eigenvalue weighted by atomic mass is 11.5. The Kier molecular flexibility index (Phi) is 11.5. The van der Waals surface area contributed by atoms with Crippen LogP contribution in [-0.2, 0) is 13.0 Å². The summed E-state index contributed by atoms with van der Waals surface area (Å²) in [4.78, 5) is 0. The molecule has 0 saturated heterocycles. The summed E-state index contributed by atoms with van der Waals surface area (Å²) < 4.78 is 17.2. The minimum Gasteiger partial charge on any atom is -0.461 e. The maximum Gasteiger partial charge on any atom is 0.186 e. The molecule has 0 fully saturated rings. The number of rotatable bonds is 6. The first-order valence-corrected chi connectivity index (χ1v) is 20.8. The topological polar surface area (TPSA) is 27.7 Å². The molecular weight excluding hydrogens is 321 g/mol. The fourth-order valence-corrected chi connectivity index (χ4v) is 12.3. The first-order chi connectivity index (χ1) is 8.23. The SMILES string of the molecule is C[SiH](C)O[SiH](C)C.C[Si](C)(C)OC([SiH3])O[Si](C)(C)C. The molecule has 0 amide bonds. The summed E-state index contributed by atoms with van der Waals surface area (Å²) in [6.07, 6.45) is 0. The lowest BCUT2D eigenvalue weighted by molar-refractivity contribution is 0.0641.